The highest BCUT2D eigenvalue weighted by Crippen LogP contribution is 2.31. The molecule has 4 nitrogen and oxygen atoms in total. The molecule has 0 radical (unpaired) electrons. The van der Waals surface area contributed by atoms with Gasteiger partial charge in [-0.05, 0) is 11.6 Å². The summed E-state index contributed by atoms with van der Waals surface area (Å²) in [6, 6.07) is 6.54. The first-order valence-electron chi connectivity index (χ1n) is 4.72. The van der Waals surface area contributed by atoms with Gasteiger partial charge in [0, 0.05) is 19.0 Å². The van der Waals surface area contributed by atoms with Gasteiger partial charge in [-0.25, -0.2) is 4.79 Å². The summed E-state index contributed by atoms with van der Waals surface area (Å²) in [7, 11) is 0. The van der Waals surface area contributed by atoms with E-state index in [1.807, 2.05) is 12.1 Å². The minimum atomic E-state index is -0.957. The Morgan fingerprint density at radius 2 is 2.07 bits per heavy atom. The zero-order chi connectivity index (χ0) is 11.0. The molecule has 1 aliphatic heterocycles. The Kier molecular flexibility index (Phi) is 2.19. The minimum absolute atomic E-state index is 0.229. The maximum Gasteiger partial charge on any atom is 0.327 e. The summed E-state index contributed by atoms with van der Waals surface area (Å²) in [5.74, 6) is -1.19. The molecule has 1 N–H and O–H groups in total. The number of para-hydroxylation sites is 1. The Bertz CT molecular complexity index is 428. The Morgan fingerprint density at radius 3 is 2.67 bits per heavy atom. The first-order chi connectivity index (χ1) is 7.11. The summed E-state index contributed by atoms with van der Waals surface area (Å²) in [4.78, 5) is 23.7. The normalized spacial score (nSPS) is 18.7. The highest BCUT2D eigenvalue weighted by molar-refractivity contribution is 6.00. The van der Waals surface area contributed by atoms with Gasteiger partial charge in [0.2, 0.25) is 5.91 Å². The number of amides is 1. The lowest BCUT2D eigenvalue weighted by Gasteiger charge is -2.20. The highest BCUT2D eigenvalue weighted by Gasteiger charge is 2.36. The number of carbonyl (C=O) groups excluding carboxylic acids is 1. The summed E-state index contributed by atoms with van der Waals surface area (Å²) >= 11 is 0. The number of hydrogen-bond donors (Lipinski definition) is 1. The Labute approximate surface area is 87.1 Å². The van der Waals surface area contributed by atoms with Crippen molar-refractivity contribution in [2.75, 3.05) is 4.90 Å². The van der Waals surface area contributed by atoms with Gasteiger partial charge in [-0.15, -0.1) is 0 Å². The van der Waals surface area contributed by atoms with Gasteiger partial charge in [0.1, 0.15) is 6.04 Å². The van der Waals surface area contributed by atoms with E-state index in [0.717, 1.165) is 11.3 Å². The SMILES string of the molecule is CC(=O)N1c2ccccc2CC1C(=O)O. The van der Waals surface area contributed by atoms with Gasteiger partial charge >= 0.3 is 5.97 Å². The van der Waals surface area contributed by atoms with Crippen LogP contribution in [0.25, 0.3) is 0 Å². The van der Waals surface area contributed by atoms with Crippen molar-refractivity contribution in [2.45, 2.75) is 19.4 Å². The van der Waals surface area contributed by atoms with Crippen LogP contribution in [-0.2, 0) is 16.0 Å². The highest BCUT2D eigenvalue weighted by atomic mass is 16.4. The average Bonchev–Trinajstić information content (AvgIpc) is 2.56. The summed E-state index contributed by atoms with van der Waals surface area (Å²) in [6.45, 7) is 1.39. The first kappa shape index (κ1) is 9.71. The number of fused-ring (bicyclic) bond motifs is 1. The second-order valence-corrected chi connectivity index (χ2v) is 3.58. The quantitative estimate of drug-likeness (QED) is 0.745. The number of carboxylic acid groups (broad SMARTS) is 1. The number of hydrogen-bond acceptors (Lipinski definition) is 2. The number of benzene rings is 1. The fourth-order valence-corrected chi connectivity index (χ4v) is 1.97. The van der Waals surface area contributed by atoms with E-state index in [0.29, 0.717) is 6.42 Å². The lowest BCUT2D eigenvalue weighted by molar-refractivity contribution is -0.139. The van der Waals surface area contributed by atoms with E-state index in [1.165, 1.54) is 11.8 Å². The molecule has 0 saturated heterocycles. The van der Waals surface area contributed by atoms with Crippen LogP contribution >= 0.6 is 0 Å². The van der Waals surface area contributed by atoms with Gasteiger partial charge in [-0.1, -0.05) is 18.2 Å². The maximum atomic E-state index is 11.4. The fraction of sp³-hybridized carbons (Fsp3) is 0.273. The van der Waals surface area contributed by atoms with Gasteiger partial charge in [-0.3, -0.25) is 9.69 Å². The lowest BCUT2D eigenvalue weighted by atomic mass is 10.1. The molecule has 1 heterocycles. The molecular weight excluding hydrogens is 194 g/mol. The third-order valence-corrected chi connectivity index (χ3v) is 2.60. The van der Waals surface area contributed by atoms with Crippen molar-refractivity contribution >= 4 is 17.6 Å². The molecular formula is C11H11NO3. The van der Waals surface area contributed by atoms with E-state index in [9.17, 15) is 9.59 Å². The standard InChI is InChI=1S/C11H11NO3/c1-7(13)12-9-5-3-2-4-8(9)6-10(12)11(14)15/h2-5,10H,6H2,1H3,(H,14,15). The van der Waals surface area contributed by atoms with Crippen molar-refractivity contribution in [2.24, 2.45) is 0 Å². The second-order valence-electron chi connectivity index (χ2n) is 3.58. The molecule has 1 aliphatic rings. The molecule has 4 heteroatoms. The third-order valence-electron chi connectivity index (χ3n) is 2.60. The summed E-state index contributed by atoms with van der Waals surface area (Å²) in [5.41, 5.74) is 1.64. The molecule has 1 aromatic carbocycles. The number of aliphatic carboxylic acids is 1. The van der Waals surface area contributed by atoms with Crippen molar-refractivity contribution in [3.8, 4) is 0 Å². The van der Waals surface area contributed by atoms with Crippen LogP contribution in [0.4, 0.5) is 5.69 Å². The molecule has 0 fully saturated rings. The zero-order valence-electron chi connectivity index (χ0n) is 8.30. The predicted molar refractivity (Wildman–Crippen MR) is 54.7 cm³/mol. The van der Waals surface area contributed by atoms with Crippen LogP contribution in [0.3, 0.4) is 0 Å². The van der Waals surface area contributed by atoms with Crippen LogP contribution in [0.5, 0.6) is 0 Å². The third kappa shape index (κ3) is 1.48. The second kappa shape index (κ2) is 3.38. The Balaban J connectivity index is 2.46. The summed E-state index contributed by atoms with van der Waals surface area (Å²) < 4.78 is 0. The molecule has 1 aromatic rings. The molecule has 0 saturated carbocycles. The molecule has 78 valence electrons. The van der Waals surface area contributed by atoms with Crippen molar-refractivity contribution in [1.82, 2.24) is 0 Å². The van der Waals surface area contributed by atoms with Gasteiger partial charge in [-0.2, -0.15) is 0 Å². The predicted octanol–water partition coefficient (Wildman–Crippen LogP) is 1.05. The molecule has 2 rings (SSSR count). The van der Waals surface area contributed by atoms with Crippen molar-refractivity contribution < 1.29 is 14.7 Å². The van der Waals surface area contributed by atoms with Crippen LogP contribution in [0.1, 0.15) is 12.5 Å². The van der Waals surface area contributed by atoms with Gasteiger partial charge in [0.15, 0.2) is 0 Å². The van der Waals surface area contributed by atoms with E-state index in [2.05, 4.69) is 0 Å². The molecule has 0 aliphatic carbocycles. The molecule has 1 atom stereocenters. The van der Waals surface area contributed by atoms with Crippen molar-refractivity contribution in [3.05, 3.63) is 29.8 Å². The van der Waals surface area contributed by atoms with E-state index in [1.54, 1.807) is 12.1 Å². The van der Waals surface area contributed by atoms with E-state index in [-0.39, 0.29) is 5.91 Å². The zero-order valence-corrected chi connectivity index (χ0v) is 8.30. The fourth-order valence-electron chi connectivity index (χ4n) is 1.97. The maximum absolute atomic E-state index is 11.4. The van der Waals surface area contributed by atoms with Crippen molar-refractivity contribution in [1.29, 1.82) is 0 Å². The van der Waals surface area contributed by atoms with Crippen LogP contribution in [0.2, 0.25) is 0 Å². The van der Waals surface area contributed by atoms with Crippen LogP contribution in [0, 0.1) is 0 Å². The molecule has 0 bridgehead atoms. The number of rotatable bonds is 1. The largest absolute Gasteiger partial charge is 0.480 e. The molecule has 1 amide bonds. The van der Waals surface area contributed by atoms with E-state index < -0.39 is 12.0 Å². The first-order valence-corrected chi connectivity index (χ1v) is 4.72. The topological polar surface area (TPSA) is 57.6 Å². The van der Waals surface area contributed by atoms with Crippen LogP contribution < -0.4 is 4.90 Å². The minimum Gasteiger partial charge on any atom is -0.480 e. The van der Waals surface area contributed by atoms with Crippen molar-refractivity contribution in [3.63, 3.8) is 0 Å². The number of carboxylic acids is 1. The molecule has 0 aromatic heterocycles. The van der Waals surface area contributed by atoms with E-state index >= 15 is 0 Å². The van der Waals surface area contributed by atoms with Gasteiger partial charge in [0.25, 0.3) is 0 Å². The average molecular weight is 205 g/mol. The lowest BCUT2D eigenvalue weighted by Crippen LogP contribution is -2.41. The Morgan fingerprint density at radius 1 is 1.40 bits per heavy atom. The Hall–Kier alpha value is -1.84. The van der Waals surface area contributed by atoms with Gasteiger partial charge in [0.05, 0.1) is 0 Å². The summed E-state index contributed by atoms with van der Waals surface area (Å²) in [6.07, 6.45) is 0.394. The monoisotopic (exact) mass is 205 g/mol. The van der Waals surface area contributed by atoms with Gasteiger partial charge < -0.3 is 5.11 Å². The smallest absolute Gasteiger partial charge is 0.327 e. The number of anilines is 1. The van der Waals surface area contributed by atoms with Crippen LogP contribution in [0.15, 0.2) is 24.3 Å². The molecule has 1 unspecified atom stereocenters. The number of nitrogens with zero attached hydrogens (tertiary/aromatic N) is 1. The molecule has 15 heavy (non-hydrogen) atoms. The van der Waals surface area contributed by atoms with Crippen LogP contribution in [-0.4, -0.2) is 23.0 Å². The number of carbonyl (C=O) groups is 2. The van der Waals surface area contributed by atoms with E-state index in [4.69, 9.17) is 5.11 Å². The summed E-state index contributed by atoms with van der Waals surface area (Å²) in [5, 5.41) is 9.01. The molecule has 0 spiro atoms.